The molecule has 2 N–H and O–H groups in total. The molecule has 0 heterocycles. The Bertz CT molecular complexity index is 1100. The van der Waals surface area contributed by atoms with Gasteiger partial charge in [0.15, 0.2) is 0 Å². The lowest BCUT2D eigenvalue weighted by Gasteiger charge is -2.22. The van der Waals surface area contributed by atoms with Gasteiger partial charge in [-0.25, -0.2) is 8.42 Å². The van der Waals surface area contributed by atoms with Crippen molar-refractivity contribution in [3.63, 3.8) is 0 Å². The molecule has 1 atom stereocenters. The van der Waals surface area contributed by atoms with Crippen LogP contribution in [0.3, 0.4) is 0 Å². The molecular weight excluding hydrogens is 444 g/mol. The molecule has 0 saturated heterocycles. The van der Waals surface area contributed by atoms with Gasteiger partial charge in [0.25, 0.3) is 5.91 Å². The molecule has 0 radical (unpaired) electrons. The molecule has 3 aromatic carbocycles. The van der Waals surface area contributed by atoms with Crippen LogP contribution < -0.4 is 10.0 Å². The van der Waals surface area contributed by atoms with E-state index in [0.717, 1.165) is 11.1 Å². The third-order valence-corrected chi connectivity index (χ3v) is 7.06. The van der Waals surface area contributed by atoms with Crippen LogP contribution in [0, 0.1) is 5.92 Å². The summed E-state index contributed by atoms with van der Waals surface area (Å²) in [5.41, 5.74) is 1.67. The van der Waals surface area contributed by atoms with Gasteiger partial charge in [-0.2, -0.15) is 4.72 Å². The quantitative estimate of drug-likeness (QED) is 0.443. The molecule has 0 aliphatic heterocycles. The Balaban J connectivity index is 1.98. The predicted molar refractivity (Wildman–Crippen MR) is 128 cm³/mol. The van der Waals surface area contributed by atoms with Crippen LogP contribution in [0.2, 0.25) is 0 Å². The van der Waals surface area contributed by atoms with Crippen molar-refractivity contribution in [1.82, 2.24) is 10.0 Å². The summed E-state index contributed by atoms with van der Waals surface area (Å²) in [5.74, 6) is -0.124. The van der Waals surface area contributed by atoms with Crippen molar-refractivity contribution in [2.75, 3.05) is 5.88 Å². The summed E-state index contributed by atoms with van der Waals surface area (Å²) >= 11 is 5.98. The first-order valence-corrected chi connectivity index (χ1v) is 12.4. The second-order valence-corrected chi connectivity index (χ2v) is 9.84. The minimum atomic E-state index is -4.04. The van der Waals surface area contributed by atoms with E-state index in [9.17, 15) is 13.2 Å². The Morgan fingerprint density at radius 2 is 1.34 bits per heavy atom. The second-order valence-electron chi connectivity index (χ2n) is 7.85. The van der Waals surface area contributed by atoms with Crippen molar-refractivity contribution >= 4 is 27.5 Å². The van der Waals surface area contributed by atoms with Gasteiger partial charge in [0, 0.05) is 11.9 Å². The van der Waals surface area contributed by atoms with Crippen LogP contribution in [-0.2, 0) is 10.0 Å². The number of rotatable bonds is 9. The number of amides is 1. The first-order valence-electron chi connectivity index (χ1n) is 10.4. The maximum atomic E-state index is 13.5. The molecule has 0 aliphatic carbocycles. The Hall–Kier alpha value is -2.67. The van der Waals surface area contributed by atoms with Crippen LogP contribution in [0.1, 0.15) is 41.4 Å². The molecule has 0 aliphatic rings. The van der Waals surface area contributed by atoms with Crippen molar-refractivity contribution < 1.29 is 13.2 Å². The Kier molecular flexibility index (Phi) is 8.07. The van der Waals surface area contributed by atoms with E-state index >= 15 is 0 Å². The number of hydrogen-bond donors (Lipinski definition) is 2. The Labute approximate surface area is 194 Å². The summed E-state index contributed by atoms with van der Waals surface area (Å²) in [7, 11) is -4.04. The van der Waals surface area contributed by atoms with Crippen LogP contribution >= 0.6 is 11.6 Å². The van der Waals surface area contributed by atoms with Crippen molar-refractivity contribution in [2.45, 2.75) is 30.8 Å². The fraction of sp³-hybridized carbons (Fsp3) is 0.240. The number of carbonyl (C=O) groups excluding carboxylic acids is 1. The zero-order valence-corrected chi connectivity index (χ0v) is 19.6. The standard InChI is InChI=1S/C25H27ClN2O3S/c1-18(2)22(17-26)27-25(29)21-15-9-10-16-23(21)32(30,31)28-24(19-11-5-3-6-12-19)20-13-7-4-8-14-20/h3-16,18,22,24,28H,17H2,1-2H3,(H,27,29)/t22-/m1/s1. The van der Waals surface area contributed by atoms with E-state index in [2.05, 4.69) is 10.0 Å². The van der Waals surface area contributed by atoms with E-state index in [0.29, 0.717) is 0 Å². The van der Waals surface area contributed by atoms with Gasteiger partial charge < -0.3 is 5.32 Å². The zero-order chi connectivity index (χ0) is 23.1. The summed E-state index contributed by atoms with van der Waals surface area (Å²) in [4.78, 5) is 12.9. The topological polar surface area (TPSA) is 75.3 Å². The highest BCUT2D eigenvalue weighted by molar-refractivity contribution is 7.89. The first kappa shape index (κ1) is 24.0. The normalized spacial score (nSPS) is 12.7. The van der Waals surface area contributed by atoms with E-state index in [1.807, 2.05) is 74.5 Å². The van der Waals surface area contributed by atoms with Crippen molar-refractivity contribution in [1.29, 1.82) is 0 Å². The second kappa shape index (κ2) is 10.8. The fourth-order valence-electron chi connectivity index (χ4n) is 3.36. The summed E-state index contributed by atoms with van der Waals surface area (Å²) in [6.07, 6.45) is 0. The van der Waals surface area contributed by atoms with Gasteiger partial charge >= 0.3 is 0 Å². The summed E-state index contributed by atoms with van der Waals surface area (Å²) in [6.45, 7) is 3.89. The number of benzene rings is 3. The minimum absolute atomic E-state index is 0.0774. The highest BCUT2D eigenvalue weighted by atomic mass is 35.5. The largest absolute Gasteiger partial charge is 0.348 e. The molecule has 0 fully saturated rings. The van der Waals surface area contributed by atoms with Crippen LogP contribution in [0.15, 0.2) is 89.8 Å². The predicted octanol–water partition coefficient (Wildman–Crippen LogP) is 4.75. The Morgan fingerprint density at radius 3 is 1.84 bits per heavy atom. The van der Waals surface area contributed by atoms with Gasteiger partial charge in [-0.3, -0.25) is 4.79 Å². The van der Waals surface area contributed by atoms with Gasteiger partial charge in [-0.1, -0.05) is 86.6 Å². The molecular formula is C25H27ClN2O3S. The molecule has 0 saturated carbocycles. The molecule has 3 aromatic rings. The zero-order valence-electron chi connectivity index (χ0n) is 18.0. The highest BCUT2D eigenvalue weighted by Gasteiger charge is 2.28. The van der Waals surface area contributed by atoms with E-state index in [-0.39, 0.29) is 28.3 Å². The Morgan fingerprint density at radius 1 is 0.844 bits per heavy atom. The van der Waals surface area contributed by atoms with Crippen molar-refractivity contribution in [3.05, 3.63) is 102 Å². The summed E-state index contributed by atoms with van der Waals surface area (Å²) in [5, 5.41) is 2.85. The lowest BCUT2D eigenvalue weighted by Crippen LogP contribution is -2.40. The number of nitrogens with one attached hydrogen (secondary N) is 2. The number of halogens is 1. The summed E-state index contributed by atoms with van der Waals surface area (Å²) < 4.78 is 29.8. The molecule has 32 heavy (non-hydrogen) atoms. The monoisotopic (exact) mass is 470 g/mol. The first-order chi connectivity index (χ1) is 15.3. The van der Waals surface area contributed by atoms with E-state index in [4.69, 9.17) is 11.6 Å². The lowest BCUT2D eigenvalue weighted by molar-refractivity contribution is 0.0927. The number of carbonyl (C=O) groups is 1. The average molecular weight is 471 g/mol. The van der Waals surface area contributed by atoms with Crippen LogP contribution in [-0.4, -0.2) is 26.2 Å². The summed E-state index contributed by atoms with van der Waals surface area (Å²) in [6, 6.07) is 24.0. The van der Waals surface area contributed by atoms with Crippen LogP contribution in [0.5, 0.6) is 0 Å². The molecule has 1 amide bonds. The molecule has 0 spiro atoms. The van der Waals surface area contributed by atoms with E-state index in [1.165, 1.54) is 12.1 Å². The third-order valence-electron chi connectivity index (χ3n) is 5.25. The van der Waals surface area contributed by atoms with Crippen molar-refractivity contribution in [3.8, 4) is 0 Å². The lowest BCUT2D eigenvalue weighted by atomic mass is 10.00. The molecule has 0 unspecified atom stereocenters. The molecule has 0 bridgehead atoms. The van der Waals surface area contributed by atoms with Gasteiger partial charge in [0.2, 0.25) is 10.0 Å². The van der Waals surface area contributed by atoms with E-state index in [1.54, 1.807) is 12.1 Å². The van der Waals surface area contributed by atoms with Gasteiger partial charge in [0.1, 0.15) is 0 Å². The maximum absolute atomic E-state index is 13.5. The number of sulfonamides is 1. The fourth-order valence-corrected chi connectivity index (χ4v) is 5.21. The number of alkyl halides is 1. The molecule has 7 heteroatoms. The van der Waals surface area contributed by atoms with Gasteiger partial charge in [-0.05, 0) is 29.2 Å². The van der Waals surface area contributed by atoms with Gasteiger partial charge in [-0.15, -0.1) is 11.6 Å². The average Bonchev–Trinajstić information content (AvgIpc) is 2.81. The molecule has 0 aromatic heterocycles. The minimum Gasteiger partial charge on any atom is -0.348 e. The van der Waals surface area contributed by atoms with E-state index < -0.39 is 22.0 Å². The maximum Gasteiger partial charge on any atom is 0.252 e. The molecule has 168 valence electrons. The SMILES string of the molecule is CC(C)[C@@H](CCl)NC(=O)c1ccccc1S(=O)(=O)NC(c1ccccc1)c1ccccc1. The third kappa shape index (κ3) is 5.76. The van der Waals surface area contributed by atoms with Crippen molar-refractivity contribution in [2.24, 2.45) is 5.92 Å². The highest BCUT2D eigenvalue weighted by Crippen LogP contribution is 2.26. The molecule has 3 rings (SSSR count). The molecule has 5 nitrogen and oxygen atoms in total. The number of hydrogen-bond acceptors (Lipinski definition) is 3. The van der Waals surface area contributed by atoms with Crippen LogP contribution in [0.25, 0.3) is 0 Å². The van der Waals surface area contributed by atoms with Crippen LogP contribution in [0.4, 0.5) is 0 Å². The smallest absolute Gasteiger partial charge is 0.252 e. The van der Waals surface area contributed by atoms with Gasteiger partial charge in [0.05, 0.1) is 16.5 Å².